The van der Waals surface area contributed by atoms with Crippen LogP contribution in [0.3, 0.4) is 0 Å². The molecule has 4 nitrogen and oxygen atoms in total. The highest BCUT2D eigenvalue weighted by Gasteiger charge is 2.31. The summed E-state index contributed by atoms with van der Waals surface area (Å²) in [5.74, 6) is 0.962. The Morgan fingerprint density at radius 2 is 1.57 bits per heavy atom. The molecule has 2 N–H and O–H groups in total. The Morgan fingerprint density at radius 1 is 0.957 bits per heavy atom. The number of halogens is 4. The monoisotopic (exact) mass is 347 g/mol. The first-order valence-electron chi connectivity index (χ1n) is 6.43. The number of nitrogens with two attached hydrogens (primary N) is 1. The number of alkyl halides is 3. The van der Waals surface area contributed by atoms with Crippen LogP contribution in [0.2, 0.25) is 0 Å². The second-order valence-corrected chi connectivity index (χ2v) is 4.71. The first-order valence-corrected chi connectivity index (χ1v) is 6.43. The van der Waals surface area contributed by atoms with Crippen molar-refractivity contribution in [2.24, 2.45) is 5.73 Å². The minimum Gasteiger partial charge on any atom is -0.454 e. The molecule has 0 fully saturated rings. The molecule has 0 unspecified atom stereocenters. The third-order valence-corrected chi connectivity index (χ3v) is 3.23. The topological polar surface area (TPSA) is 53.7 Å². The molecule has 0 amide bonds. The van der Waals surface area contributed by atoms with Gasteiger partial charge in [0.2, 0.25) is 6.79 Å². The van der Waals surface area contributed by atoms with E-state index in [4.69, 9.17) is 15.2 Å². The Kier molecular flexibility index (Phi) is 4.91. The van der Waals surface area contributed by atoms with Crippen LogP contribution >= 0.6 is 12.4 Å². The van der Waals surface area contributed by atoms with Crippen LogP contribution in [0, 0.1) is 0 Å². The van der Waals surface area contributed by atoms with Gasteiger partial charge in [0.25, 0.3) is 0 Å². The number of fused-ring (bicyclic) bond motifs is 1. The predicted octanol–water partition coefficient (Wildman–Crippen LogP) is 3.78. The fourth-order valence-electron chi connectivity index (χ4n) is 2.18. The van der Waals surface area contributed by atoms with Crippen LogP contribution < -0.4 is 19.9 Å². The zero-order valence-electron chi connectivity index (χ0n) is 11.7. The van der Waals surface area contributed by atoms with Crippen molar-refractivity contribution >= 4 is 12.4 Å². The van der Waals surface area contributed by atoms with Gasteiger partial charge in [-0.05, 0) is 35.4 Å². The van der Waals surface area contributed by atoms with E-state index in [0.29, 0.717) is 17.1 Å². The lowest BCUT2D eigenvalue weighted by atomic mass is 9.99. The maximum Gasteiger partial charge on any atom is 0.573 e. The average Bonchev–Trinajstić information content (AvgIpc) is 2.93. The van der Waals surface area contributed by atoms with Crippen molar-refractivity contribution < 1.29 is 27.4 Å². The molecule has 23 heavy (non-hydrogen) atoms. The smallest absolute Gasteiger partial charge is 0.454 e. The maximum atomic E-state index is 12.1. The molecule has 0 aromatic heterocycles. The normalized spacial score (nSPS) is 14.1. The molecule has 3 rings (SSSR count). The molecule has 1 aliphatic rings. The van der Waals surface area contributed by atoms with E-state index in [9.17, 15) is 13.2 Å². The quantitative estimate of drug-likeness (QED) is 0.918. The van der Waals surface area contributed by atoms with Gasteiger partial charge < -0.3 is 19.9 Å². The second kappa shape index (κ2) is 6.55. The Morgan fingerprint density at radius 3 is 2.22 bits per heavy atom. The molecule has 0 saturated carbocycles. The van der Waals surface area contributed by atoms with E-state index < -0.39 is 12.4 Å². The van der Waals surface area contributed by atoms with Crippen LogP contribution in [0.1, 0.15) is 17.2 Å². The Bertz CT molecular complexity index is 677. The third kappa shape index (κ3) is 4.00. The first kappa shape index (κ1) is 17.2. The maximum absolute atomic E-state index is 12.1. The van der Waals surface area contributed by atoms with Crippen molar-refractivity contribution in [1.29, 1.82) is 0 Å². The van der Waals surface area contributed by atoms with Crippen LogP contribution in [-0.4, -0.2) is 13.2 Å². The SMILES string of the molecule is Cl.N[C@H](c1ccc(OC(F)(F)F)cc1)c1ccc2c(c1)OCO2. The van der Waals surface area contributed by atoms with Crippen LogP contribution in [-0.2, 0) is 0 Å². The van der Waals surface area contributed by atoms with Crippen LogP contribution in [0.4, 0.5) is 13.2 Å². The molecule has 1 aliphatic heterocycles. The van der Waals surface area contributed by atoms with E-state index in [2.05, 4.69) is 4.74 Å². The molecule has 1 atom stereocenters. The number of hydrogen-bond acceptors (Lipinski definition) is 4. The predicted molar refractivity (Wildman–Crippen MR) is 79.0 cm³/mol. The van der Waals surface area contributed by atoms with Gasteiger partial charge in [0, 0.05) is 0 Å². The molecule has 124 valence electrons. The van der Waals surface area contributed by atoms with Crippen molar-refractivity contribution in [1.82, 2.24) is 0 Å². The number of benzene rings is 2. The number of hydrogen-bond donors (Lipinski definition) is 1. The summed E-state index contributed by atoms with van der Waals surface area (Å²) in [6, 6.07) is 10.3. The van der Waals surface area contributed by atoms with E-state index in [1.165, 1.54) is 24.3 Å². The Balaban J connectivity index is 0.00000192. The molecule has 0 bridgehead atoms. The first-order chi connectivity index (χ1) is 10.4. The fourth-order valence-corrected chi connectivity index (χ4v) is 2.18. The largest absolute Gasteiger partial charge is 0.573 e. The van der Waals surface area contributed by atoms with Gasteiger partial charge in [0.15, 0.2) is 11.5 Å². The highest BCUT2D eigenvalue weighted by Crippen LogP contribution is 2.35. The summed E-state index contributed by atoms with van der Waals surface area (Å²) in [6.45, 7) is 0.164. The van der Waals surface area contributed by atoms with Gasteiger partial charge in [-0.15, -0.1) is 25.6 Å². The molecular weight excluding hydrogens is 335 g/mol. The van der Waals surface area contributed by atoms with Gasteiger partial charge >= 0.3 is 6.36 Å². The van der Waals surface area contributed by atoms with Gasteiger partial charge in [-0.3, -0.25) is 0 Å². The highest BCUT2D eigenvalue weighted by molar-refractivity contribution is 5.85. The highest BCUT2D eigenvalue weighted by atomic mass is 35.5. The van der Waals surface area contributed by atoms with E-state index in [1.807, 2.05) is 0 Å². The van der Waals surface area contributed by atoms with Crippen molar-refractivity contribution in [3.05, 3.63) is 53.6 Å². The summed E-state index contributed by atoms with van der Waals surface area (Å²) >= 11 is 0. The molecule has 2 aromatic carbocycles. The summed E-state index contributed by atoms with van der Waals surface area (Å²) < 4.78 is 50.7. The van der Waals surface area contributed by atoms with Gasteiger partial charge in [-0.25, -0.2) is 0 Å². The standard InChI is InChI=1S/C15H12F3NO3.ClH/c16-15(17,18)22-11-4-1-9(2-5-11)14(19)10-3-6-12-13(7-10)21-8-20-12;/h1-7,14H,8,19H2;1H/t14-;/m1./s1. The van der Waals surface area contributed by atoms with Crippen molar-refractivity contribution in [2.45, 2.75) is 12.4 Å². The fraction of sp³-hybridized carbons (Fsp3) is 0.200. The van der Waals surface area contributed by atoms with E-state index >= 15 is 0 Å². The molecule has 2 aromatic rings. The zero-order chi connectivity index (χ0) is 15.7. The van der Waals surface area contributed by atoms with Gasteiger partial charge in [0.05, 0.1) is 6.04 Å². The molecule has 1 heterocycles. The third-order valence-electron chi connectivity index (χ3n) is 3.23. The van der Waals surface area contributed by atoms with Crippen molar-refractivity contribution in [3.8, 4) is 17.2 Å². The lowest BCUT2D eigenvalue weighted by molar-refractivity contribution is -0.274. The summed E-state index contributed by atoms with van der Waals surface area (Å²) in [6.07, 6.45) is -4.71. The Labute approximate surface area is 136 Å². The molecule has 0 saturated heterocycles. The zero-order valence-corrected chi connectivity index (χ0v) is 12.5. The van der Waals surface area contributed by atoms with Crippen LogP contribution in [0.15, 0.2) is 42.5 Å². The van der Waals surface area contributed by atoms with Gasteiger partial charge in [-0.1, -0.05) is 18.2 Å². The van der Waals surface area contributed by atoms with E-state index in [0.717, 1.165) is 5.56 Å². The lowest BCUT2D eigenvalue weighted by Crippen LogP contribution is -2.17. The van der Waals surface area contributed by atoms with Crippen LogP contribution in [0.5, 0.6) is 17.2 Å². The molecule has 0 aliphatic carbocycles. The molecule has 0 radical (unpaired) electrons. The number of ether oxygens (including phenoxy) is 3. The molecule has 0 spiro atoms. The summed E-state index contributed by atoms with van der Waals surface area (Å²) in [5.41, 5.74) is 7.56. The Hall–Kier alpha value is -2.12. The van der Waals surface area contributed by atoms with Gasteiger partial charge in [0.1, 0.15) is 5.75 Å². The minimum absolute atomic E-state index is 0. The van der Waals surface area contributed by atoms with Crippen molar-refractivity contribution in [2.75, 3.05) is 6.79 Å². The summed E-state index contributed by atoms with van der Waals surface area (Å²) in [7, 11) is 0. The summed E-state index contributed by atoms with van der Waals surface area (Å²) in [4.78, 5) is 0. The second-order valence-electron chi connectivity index (χ2n) is 4.71. The average molecular weight is 348 g/mol. The van der Waals surface area contributed by atoms with Gasteiger partial charge in [-0.2, -0.15) is 0 Å². The van der Waals surface area contributed by atoms with Crippen molar-refractivity contribution in [3.63, 3.8) is 0 Å². The molecular formula is C15H13ClF3NO3. The molecule has 8 heteroatoms. The lowest BCUT2D eigenvalue weighted by Gasteiger charge is -2.14. The summed E-state index contributed by atoms with van der Waals surface area (Å²) in [5, 5.41) is 0. The van der Waals surface area contributed by atoms with E-state index in [1.54, 1.807) is 18.2 Å². The van der Waals surface area contributed by atoms with E-state index in [-0.39, 0.29) is 24.9 Å². The number of rotatable bonds is 3. The van der Waals surface area contributed by atoms with Crippen LogP contribution in [0.25, 0.3) is 0 Å². The minimum atomic E-state index is -4.71.